The fraction of sp³-hybridized carbons (Fsp3) is 0.385. The van der Waals surface area contributed by atoms with Gasteiger partial charge in [-0.05, 0) is 18.7 Å². The Morgan fingerprint density at radius 1 is 1.50 bits per heavy atom. The molecule has 16 heavy (non-hydrogen) atoms. The van der Waals surface area contributed by atoms with Crippen LogP contribution in [0.15, 0.2) is 24.3 Å². The van der Waals surface area contributed by atoms with Gasteiger partial charge < -0.3 is 14.8 Å². The van der Waals surface area contributed by atoms with Gasteiger partial charge in [0.15, 0.2) is 17.6 Å². The van der Waals surface area contributed by atoms with E-state index in [1.54, 1.807) is 0 Å². The third-order valence-corrected chi connectivity index (χ3v) is 2.51. The molecule has 0 amide bonds. The lowest BCUT2D eigenvalue weighted by Gasteiger charge is -2.30. The van der Waals surface area contributed by atoms with Crippen LogP contribution in [0.5, 0.6) is 11.5 Å². The van der Waals surface area contributed by atoms with Crippen LogP contribution < -0.4 is 14.8 Å². The lowest BCUT2D eigenvalue weighted by atomic mass is 10.1. The van der Waals surface area contributed by atoms with Crippen LogP contribution in [-0.2, 0) is 0 Å². The number of terminal acetylenes is 1. The summed E-state index contributed by atoms with van der Waals surface area (Å²) in [5.41, 5.74) is 0. The van der Waals surface area contributed by atoms with Gasteiger partial charge in [0.1, 0.15) is 12.6 Å². The molecule has 2 atom stereocenters. The van der Waals surface area contributed by atoms with Crippen LogP contribution in [-0.4, -0.2) is 25.3 Å². The zero-order valence-corrected chi connectivity index (χ0v) is 9.27. The molecule has 84 valence electrons. The van der Waals surface area contributed by atoms with Crippen molar-refractivity contribution in [2.75, 3.05) is 13.2 Å². The molecule has 1 N–H and O–H groups in total. The summed E-state index contributed by atoms with van der Waals surface area (Å²) in [6.45, 7) is 3.32. The third kappa shape index (κ3) is 2.12. The normalized spacial score (nSPS) is 19.9. The highest BCUT2D eigenvalue weighted by atomic mass is 16.6. The summed E-state index contributed by atoms with van der Waals surface area (Å²) in [5.74, 6) is 4.23. The Morgan fingerprint density at radius 3 is 2.94 bits per heavy atom. The average molecular weight is 217 g/mol. The number of para-hydroxylation sites is 2. The molecule has 2 unspecified atom stereocenters. The van der Waals surface area contributed by atoms with E-state index in [2.05, 4.69) is 11.2 Å². The maximum absolute atomic E-state index is 5.81. The minimum absolute atomic E-state index is 0.113. The number of hydrogen-bond acceptors (Lipinski definition) is 3. The molecular weight excluding hydrogens is 202 g/mol. The molecule has 0 fully saturated rings. The Hall–Kier alpha value is -1.66. The predicted octanol–water partition coefficient (Wildman–Crippen LogP) is 1.44. The SMILES string of the molecule is C#CC(NCC)C1COc2ccccc2O1. The zero-order valence-electron chi connectivity index (χ0n) is 9.27. The standard InChI is InChI=1S/C13H15NO2/c1-3-10(14-4-2)13-9-15-11-7-5-6-8-12(11)16-13/h1,5-8,10,13-14H,4,9H2,2H3. The van der Waals surface area contributed by atoms with E-state index in [1.165, 1.54) is 0 Å². The van der Waals surface area contributed by atoms with Crippen molar-refractivity contribution in [1.29, 1.82) is 0 Å². The smallest absolute Gasteiger partial charge is 0.161 e. The first-order chi connectivity index (χ1) is 7.85. The molecule has 0 radical (unpaired) electrons. The van der Waals surface area contributed by atoms with Crippen molar-refractivity contribution in [2.24, 2.45) is 0 Å². The summed E-state index contributed by atoms with van der Waals surface area (Å²) in [6, 6.07) is 7.51. The van der Waals surface area contributed by atoms with Crippen LogP contribution in [0.3, 0.4) is 0 Å². The van der Waals surface area contributed by atoms with Gasteiger partial charge in [0.25, 0.3) is 0 Å². The van der Waals surface area contributed by atoms with Gasteiger partial charge in [-0.25, -0.2) is 0 Å². The Kier molecular flexibility index (Phi) is 3.33. The number of likely N-dealkylation sites (N-methyl/N-ethyl adjacent to an activating group) is 1. The second-order valence-electron chi connectivity index (χ2n) is 3.62. The van der Waals surface area contributed by atoms with Gasteiger partial charge in [0, 0.05) is 0 Å². The van der Waals surface area contributed by atoms with Crippen LogP contribution in [0.4, 0.5) is 0 Å². The highest BCUT2D eigenvalue weighted by Crippen LogP contribution is 2.31. The Balaban J connectivity index is 2.10. The van der Waals surface area contributed by atoms with Gasteiger partial charge in [-0.3, -0.25) is 0 Å². The molecule has 0 spiro atoms. The zero-order chi connectivity index (χ0) is 11.4. The molecule has 0 saturated carbocycles. The molecular formula is C13H15NO2. The molecule has 3 nitrogen and oxygen atoms in total. The average Bonchev–Trinajstić information content (AvgIpc) is 2.35. The molecule has 1 aliphatic heterocycles. The van der Waals surface area contributed by atoms with Gasteiger partial charge in [0.05, 0.1) is 0 Å². The molecule has 0 aliphatic carbocycles. The highest BCUT2D eigenvalue weighted by molar-refractivity contribution is 5.41. The Bertz CT molecular complexity index is 397. The van der Waals surface area contributed by atoms with Crippen molar-refractivity contribution in [3.8, 4) is 23.8 Å². The second kappa shape index (κ2) is 4.91. The first kappa shape index (κ1) is 10.8. The number of ether oxygens (including phenoxy) is 2. The van der Waals surface area contributed by atoms with E-state index in [4.69, 9.17) is 15.9 Å². The summed E-state index contributed by atoms with van der Waals surface area (Å²) in [5, 5.41) is 3.19. The van der Waals surface area contributed by atoms with Crippen LogP contribution in [0.1, 0.15) is 6.92 Å². The van der Waals surface area contributed by atoms with E-state index in [-0.39, 0.29) is 12.1 Å². The van der Waals surface area contributed by atoms with E-state index in [0.29, 0.717) is 6.61 Å². The molecule has 1 aliphatic rings. The molecule has 1 aromatic carbocycles. The molecule has 2 rings (SSSR count). The van der Waals surface area contributed by atoms with Gasteiger partial charge >= 0.3 is 0 Å². The van der Waals surface area contributed by atoms with Crippen LogP contribution in [0, 0.1) is 12.3 Å². The topological polar surface area (TPSA) is 30.5 Å². The van der Waals surface area contributed by atoms with Crippen LogP contribution >= 0.6 is 0 Å². The number of rotatable bonds is 3. The highest BCUT2D eigenvalue weighted by Gasteiger charge is 2.26. The maximum Gasteiger partial charge on any atom is 0.161 e. The maximum atomic E-state index is 5.81. The van der Waals surface area contributed by atoms with Gasteiger partial charge in [0.2, 0.25) is 0 Å². The minimum Gasteiger partial charge on any atom is -0.486 e. The van der Waals surface area contributed by atoms with Crippen LogP contribution in [0.25, 0.3) is 0 Å². The summed E-state index contributed by atoms with van der Waals surface area (Å²) >= 11 is 0. The number of fused-ring (bicyclic) bond motifs is 1. The van der Waals surface area contributed by atoms with Crippen molar-refractivity contribution < 1.29 is 9.47 Å². The molecule has 1 aromatic rings. The number of benzene rings is 1. The molecule has 0 aromatic heterocycles. The summed E-state index contributed by atoms with van der Waals surface area (Å²) in [7, 11) is 0. The van der Waals surface area contributed by atoms with Crippen molar-refractivity contribution >= 4 is 0 Å². The fourth-order valence-corrected chi connectivity index (χ4v) is 1.72. The van der Waals surface area contributed by atoms with E-state index in [1.807, 2.05) is 31.2 Å². The first-order valence-corrected chi connectivity index (χ1v) is 5.43. The largest absolute Gasteiger partial charge is 0.486 e. The predicted molar refractivity (Wildman–Crippen MR) is 62.7 cm³/mol. The van der Waals surface area contributed by atoms with Crippen LogP contribution in [0.2, 0.25) is 0 Å². The number of nitrogens with one attached hydrogen (secondary N) is 1. The molecule has 0 bridgehead atoms. The molecule has 0 saturated heterocycles. The Labute approximate surface area is 95.8 Å². The number of hydrogen-bond donors (Lipinski definition) is 1. The first-order valence-electron chi connectivity index (χ1n) is 5.43. The monoisotopic (exact) mass is 217 g/mol. The van der Waals surface area contributed by atoms with Crippen molar-refractivity contribution in [3.63, 3.8) is 0 Å². The lowest BCUT2D eigenvalue weighted by Crippen LogP contribution is -2.46. The summed E-state index contributed by atoms with van der Waals surface area (Å²) < 4.78 is 11.4. The van der Waals surface area contributed by atoms with E-state index in [0.717, 1.165) is 18.0 Å². The molecule has 1 heterocycles. The van der Waals surface area contributed by atoms with Gasteiger partial charge in [-0.15, -0.1) is 6.42 Å². The lowest BCUT2D eigenvalue weighted by molar-refractivity contribution is 0.0763. The van der Waals surface area contributed by atoms with E-state index < -0.39 is 0 Å². The van der Waals surface area contributed by atoms with Gasteiger partial charge in [-0.1, -0.05) is 25.0 Å². The minimum atomic E-state index is -0.125. The van der Waals surface area contributed by atoms with Crippen molar-refractivity contribution in [1.82, 2.24) is 5.32 Å². The van der Waals surface area contributed by atoms with Crippen molar-refractivity contribution in [3.05, 3.63) is 24.3 Å². The summed E-state index contributed by atoms with van der Waals surface area (Å²) in [6.07, 6.45) is 5.34. The quantitative estimate of drug-likeness (QED) is 0.777. The fourth-order valence-electron chi connectivity index (χ4n) is 1.72. The van der Waals surface area contributed by atoms with E-state index >= 15 is 0 Å². The van der Waals surface area contributed by atoms with Crippen molar-refractivity contribution in [2.45, 2.75) is 19.1 Å². The third-order valence-electron chi connectivity index (χ3n) is 2.51. The summed E-state index contributed by atoms with van der Waals surface area (Å²) in [4.78, 5) is 0. The Morgan fingerprint density at radius 2 is 2.25 bits per heavy atom. The molecule has 3 heteroatoms. The van der Waals surface area contributed by atoms with Gasteiger partial charge in [-0.2, -0.15) is 0 Å². The second-order valence-corrected chi connectivity index (χ2v) is 3.62. The van der Waals surface area contributed by atoms with E-state index in [9.17, 15) is 0 Å².